The van der Waals surface area contributed by atoms with Crippen LogP contribution in [0.2, 0.25) is 0 Å². The van der Waals surface area contributed by atoms with Gasteiger partial charge in [-0.2, -0.15) is 0 Å². The Balaban J connectivity index is 1.41. The molecule has 160 valence electrons. The number of nitrogens with one attached hydrogen (secondary N) is 2. The van der Waals surface area contributed by atoms with Crippen molar-refractivity contribution in [3.05, 3.63) is 59.9 Å². The van der Waals surface area contributed by atoms with Crippen LogP contribution in [0, 0.1) is 0 Å². The van der Waals surface area contributed by atoms with Crippen LogP contribution in [-0.4, -0.2) is 38.3 Å². The number of imidazole rings is 1. The summed E-state index contributed by atoms with van der Waals surface area (Å²) in [5.74, 6) is 0.507. The molecule has 1 aromatic heterocycles. The van der Waals surface area contributed by atoms with Crippen molar-refractivity contribution in [1.29, 1.82) is 0 Å². The number of nitrogens with zero attached hydrogens (tertiary/aromatic N) is 3. The number of imide groups is 1. The van der Waals surface area contributed by atoms with E-state index in [1.54, 1.807) is 0 Å². The van der Waals surface area contributed by atoms with Crippen molar-refractivity contribution < 1.29 is 14.4 Å². The monoisotopic (exact) mass is 419 g/mol. The van der Waals surface area contributed by atoms with E-state index in [0.717, 1.165) is 27.3 Å². The molecule has 2 heterocycles. The molecule has 0 bridgehead atoms. The van der Waals surface area contributed by atoms with E-state index in [-0.39, 0.29) is 24.8 Å². The SMILES string of the molecule is CC(C)c1nc2cc(NC(=O)CC3NC(=O)N(Cc4ccccc4)C3=O)ccc2n1C. The minimum absolute atomic E-state index is 0.132. The summed E-state index contributed by atoms with van der Waals surface area (Å²) >= 11 is 0. The lowest BCUT2D eigenvalue weighted by Gasteiger charge is -2.13. The first-order valence-electron chi connectivity index (χ1n) is 10.3. The van der Waals surface area contributed by atoms with E-state index in [1.807, 2.05) is 60.1 Å². The van der Waals surface area contributed by atoms with Crippen LogP contribution >= 0.6 is 0 Å². The summed E-state index contributed by atoms with van der Waals surface area (Å²) in [5, 5.41) is 5.41. The number of carbonyl (C=O) groups is 3. The number of fused-ring (bicyclic) bond motifs is 1. The van der Waals surface area contributed by atoms with Crippen LogP contribution in [0.1, 0.15) is 37.6 Å². The molecule has 4 amide bonds. The summed E-state index contributed by atoms with van der Waals surface area (Å²) in [6.45, 7) is 4.34. The number of anilines is 1. The molecule has 2 aromatic carbocycles. The molecular weight excluding hydrogens is 394 g/mol. The maximum absolute atomic E-state index is 12.6. The standard InChI is InChI=1S/C23H25N5O3/c1-14(2)21-25-17-11-16(9-10-19(17)27(21)3)24-20(29)12-18-22(30)28(23(31)26-18)13-15-7-5-4-6-8-15/h4-11,14,18H,12-13H2,1-3H3,(H,24,29)(H,26,31). The van der Waals surface area contributed by atoms with Crippen molar-refractivity contribution >= 4 is 34.6 Å². The summed E-state index contributed by atoms with van der Waals surface area (Å²) in [5.41, 5.74) is 3.23. The molecule has 3 aromatic rings. The predicted octanol–water partition coefficient (Wildman–Crippen LogP) is 3.15. The van der Waals surface area contributed by atoms with Gasteiger partial charge in [0.2, 0.25) is 5.91 Å². The smallest absolute Gasteiger partial charge is 0.325 e. The largest absolute Gasteiger partial charge is 0.331 e. The van der Waals surface area contributed by atoms with Gasteiger partial charge in [0.05, 0.1) is 24.0 Å². The van der Waals surface area contributed by atoms with E-state index >= 15 is 0 Å². The molecule has 0 radical (unpaired) electrons. The molecule has 0 saturated carbocycles. The molecule has 8 heteroatoms. The van der Waals surface area contributed by atoms with Gasteiger partial charge in [0, 0.05) is 18.7 Å². The highest BCUT2D eigenvalue weighted by molar-refractivity contribution is 6.07. The van der Waals surface area contributed by atoms with E-state index in [9.17, 15) is 14.4 Å². The zero-order chi connectivity index (χ0) is 22.1. The van der Waals surface area contributed by atoms with Crippen molar-refractivity contribution in [1.82, 2.24) is 19.8 Å². The second kappa shape index (κ2) is 8.22. The number of amides is 4. The first-order chi connectivity index (χ1) is 14.8. The molecule has 1 saturated heterocycles. The third-order valence-electron chi connectivity index (χ3n) is 5.40. The average Bonchev–Trinajstić information content (AvgIpc) is 3.20. The summed E-state index contributed by atoms with van der Waals surface area (Å²) in [6.07, 6.45) is -0.132. The topological polar surface area (TPSA) is 96.3 Å². The lowest BCUT2D eigenvalue weighted by Crippen LogP contribution is -2.34. The van der Waals surface area contributed by atoms with Gasteiger partial charge in [-0.05, 0) is 23.8 Å². The molecule has 0 spiro atoms. The zero-order valence-electron chi connectivity index (χ0n) is 17.8. The fourth-order valence-corrected chi connectivity index (χ4v) is 3.84. The minimum atomic E-state index is -0.873. The number of aromatic nitrogens is 2. The number of aryl methyl sites for hydroxylation is 1. The molecule has 4 rings (SSSR count). The maximum Gasteiger partial charge on any atom is 0.325 e. The van der Waals surface area contributed by atoms with E-state index in [1.165, 1.54) is 0 Å². The second-order valence-electron chi connectivity index (χ2n) is 8.05. The van der Waals surface area contributed by atoms with Gasteiger partial charge in [-0.1, -0.05) is 44.2 Å². The van der Waals surface area contributed by atoms with Gasteiger partial charge in [-0.25, -0.2) is 9.78 Å². The number of hydrogen-bond donors (Lipinski definition) is 2. The van der Waals surface area contributed by atoms with E-state index < -0.39 is 18.0 Å². The third-order valence-corrected chi connectivity index (χ3v) is 5.40. The molecule has 0 aliphatic carbocycles. The fraction of sp³-hybridized carbons (Fsp3) is 0.304. The Morgan fingerprint density at radius 1 is 1.16 bits per heavy atom. The lowest BCUT2D eigenvalue weighted by atomic mass is 10.1. The van der Waals surface area contributed by atoms with Gasteiger partial charge < -0.3 is 15.2 Å². The maximum atomic E-state index is 12.6. The Morgan fingerprint density at radius 2 is 1.90 bits per heavy atom. The van der Waals surface area contributed by atoms with Crippen LogP contribution < -0.4 is 10.6 Å². The number of benzene rings is 2. The van der Waals surface area contributed by atoms with Gasteiger partial charge in [0.1, 0.15) is 11.9 Å². The molecule has 8 nitrogen and oxygen atoms in total. The second-order valence-corrected chi connectivity index (χ2v) is 8.05. The third kappa shape index (κ3) is 4.14. The summed E-state index contributed by atoms with van der Waals surface area (Å²) in [6, 6.07) is 13.4. The first kappa shape index (κ1) is 20.6. The minimum Gasteiger partial charge on any atom is -0.331 e. The molecular formula is C23H25N5O3. The van der Waals surface area contributed by atoms with Crippen LogP contribution in [0.5, 0.6) is 0 Å². The van der Waals surface area contributed by atoms with E-state index in [2.05, 4.69) is 29.5 Å². The lowest BCUT2D eigenvalue weighted by molar-refractivity contribution is -0.130. The first-order valence-corrected chi connectivity index (χ1v) is 10.3. The predicted molar refractivity (Wildman–Crippen MR) is 117 cm³/mol. The van der Waals surface area contributed by atoms with Crippen molar-refractivity contribution in [2.45, 2.75) is 38.8 Å². The Bertz CT molecular complexity index is 1150. The number of rotatable bonds is 6. The molecule has 1 aliphatic heterocycles. The normalized spacial score (nSPS) is 16.3. The van der Waals surface area contributed by atoms with E-state index in [4.69, 9.17) is 0 Å². The Morgan fingerprint density at radius 3 is 2.61 bits per heavy atom. The van der Waals surface area contributed by atoms with Gasteiger partial charge in [-0.15, -0.1) is 0 Å². The highest BCUT2D eigenvalue weighted by Crippen LogP contribution is 2.23. The average molecular weight is 419 g/mol. The van der Waals surface area contributed by atoms with Gasteiger partial charge in [0.25, 0.3) is 5.91 Å². The highest BCUT2D eigenvalue weighted by Gasteiger charge is 2.38. The number of hydrogen-bond acceptors (Lipinski definition) is 4. The van der Waals surface area contributed by atoms with Crippen LogP contribution in [0.4, 0.5) is 10.5 Å². The molecule has 1 aliphatic rings. The number of carbonyl (C=O) groups excluding carboxylic acids is 3. The van der Waals surface area contributed by atoms with Crippen LogP contribution in [0.25, 0.3) is 11.0 Å². The van der Waals surface area contributed by atoms with Crippen LogP contribution in [0.3, 0.4) is 0 Å². The van der Waals surface area contributed by atoms with Crippen molar-refractivity contribution in [2.24, 2.45) is 7.05 Å². The quantitative estimate of drug-likeness (QED) is 0.600. The molecule has 31 heavy (non-hydrogen) atoms. The van der Waals surface area contributed by atoms with Crippen molar-refractivity contribution in [3.8, 4) is 0 Å². The van der Waals surface area contributed by atoms with Gasteiger partial charge >= 0.3 is 6.03 Å². The van der Waals surface area contributed by atoms with Crippen molar-refractivity contribution in [3.63, 3.8) is 0 Å². The zero-order valence-corrected chi connectivity index (χ0v) is 17.8. The van der Waals surface area contributed by atoms with Gasteiger partial charge in [0.15, 0.2) is 0 Å². The van der Waals surface area contributed by atoms with E-state index in [0.29, 0.717) is 5.69 Å². The molecule has 1 atom stereocenters. The Hall–Kier alpha value is -3.68. The summed E-state index contributed by atoms with van der Waals surface area (Å²) in [7, 11) is 1.97. The fourth-order valence-electron chi connectivity index (χ4n) is 3.84. The van der Waals surface area contributed by atoms with Crippen LogP contribution in [0.15, 0.2) is 48.5 Å². The number of urea groups is 1. The molecule has 1 unspecified atom stereocenters. The summed E-state index contributed by atoms with van der Waals surface area (Å²) in [4.78, 5) is 43.2. The summed E-state index contributed by atoms with van der Waals surface area (Å²) < 4.78 is 2.04. The molecule has 2 N–H and O–H groups in total. The van der Waals surface area contributed by atoms with Crippen molar-refractivity contribution in [2.75, 3.05) is 5.32 Å². The Kier molecular flexibility index (Phi) is 5.46. The Labute approximate surface area is 180 Å². The highest BCUT2D eigenvalue weighted by atomic mass is 16.2. The molecule has 1 fully saturated rings. The van der Waals surface area contributed by atoms with Crippen LogP contribution in [-0.2, 0) is 23.2 Å². The van der Waals surface area contributed by atoms with Gasteiger partial charge in [-0.3, -0.25) is 14.5 Å².